The fraction of sp³-hybridized carbons (Fsp3) is 0.0952. The Bertz CT molecular complexity index is 1090. The number of hydrogen-bond donors (Lipinski definition) is 1. The van der Waals surface area contributed by atoms with E-state index in [2.05, 4.69) is 5.16 Å². The molecule has 1 N–H and O–H groups in total. The summed E-state index contributed by atoms with van der Waals surface area (Å²) in [6.07, 6.45) is 0. The lowest BCUT2D eigenvalue weighted by atomic mass is 9.95. The normalized spacial score (nSPS) is 18.6. The predicted octanol–water partition coefficient (Wildman–Crippen LogP) is 4.26. The molecule has 1 atom stereocenters. The summed E-state index contributed by atoms with van der Waals surface area (Å²) in [6, 6.07) is 16.1. The van der Waals surface area contributed by atoms with Gasteiger partial charge in [-0.05, 0) is 24.6 Å². The molecule has 0 spiro atoms. The van der Waals surface area contributed by atoms with Gasteiger partial charge in [-0.25, -0.2) is 0 Å². The Balaban J connectivity index is 1.94. The van der Waals surface area contributed by atoms with Crippen LogP contribution in [0.25, 0.3) is 5.76 Å². The van der Waals surface area contributed by atoms with Crippen LogP contribution in [-0.2, 0) is 9.59 Å². The van der Waals surface area contributed by atoms with Crippen LogP contribution in [0.1, 0.15) is 22.9 Å². The van der Waals surface area contributed by atoms with Gasteiger partial charge in [0.2, 0.25) is 0 Å². The SMILES string of the molecule is Cc1cc(N2C(=O)C(=O)/C(=C(/O)c3ccccc3)[C@@H]2c2ccc(Cl)cc2)no1. The van der Waals surface area contributed by atoms with Gasteiger partial charge in [-0.15, -0.1) is 0 Å². The van der Waals surface area contributed by atoms with E-state index in [0.29, 0.717) is 21.9 Å². The first-order chi connectivity index (χ1) is 13.5. The highest BCUT2D eigenvalue weighted by atomic mass is 35.5. The summed E-state index contributed by atoms with van der Waals surface area (Å²) in [7, 11) is 0. The Morgan fingerprint density at radius 2 is 1.79 bits per heavy atom. The number of nitrogens with zero attached hydrogens (tertiary/aromatic N) is 2. The molecular formula is C21H15ClN2O4. The molecule has 0 bridgehead atoms. The van der Waals surface area contributed by atoms with Gasteiger partial charge in [0, 0.05) is 16.7 Å². The minimum absolute atomic E-state index is 0.0147. The fourth-order valence-corrected chi connectivity index (χ4v) is 3.37. The number of rotatable bonds is 3. The zero-order valence-electron chi connectivity index (χ0n) is 14.8. The van der Waals surface area contributed by atoms with Crippen molar-refractivity contribution in [3.8, 4) is 0 Å². The fourth-order valence-electron chi connectivity index (χ4n) is 3.25. The number of benzene rings is 2. The van der Waals surface area contributed by atoms with Crippen molar-refractivity contribution in [1.82, 2.24) is 5.16 Å². The van der Waals surface area contributed by atoms with Crippen molar-refractivity contribution in [2.24, 2.45) is 0 Å². The topological polar surface area (TPSA) is 83.6 Å². The van der Waals surface area contributed by atoms with Crippen LogP contribution in [0.5, 0.6) is 0 Å². The molecule has 1 aliphatic heterocycles. The molecule has 1 saturated heterocycles. The summed E-state index contributed by atoms with van der Waals surface area (Å²) in [4.78, 5) is 26.9. The van der Waals surface area contributed by atoms with E-state index < -0.39 is 17.7 Å². The molecule has 1 amide bonds. The summed E-state index contributed by atoms with van der Waals surface area (Å²) < 4.78 is 5.09. The van der Waals surface area contributed by atoms with Crippen molar-refractivity contribution < 1.29 is 19.2 Å². The molecule has 4 rings (SSSR count). The third-order valence-corrected chi connectivity index (χ3v) is 4.79. The van der Waals surface area contributed by atoms with Gasteiger partial charge in [0.1, 0.15) is 11.5 Å². The molecule has 140 valence electrons. The zero-order chi connectivity index (χ0) is 19.8. The Labute approximate surface area is 165 Å². The smallest absolute Gasteiger partial charge is 0.301 e. The maximum Gasteiger partial charge on any atom is 0.301 e. The molecule has 0 radical (unpaired) electrons. The van der Waals surface area contributed by atoms with Crippen LogP contribution in [0.2, 0.25) is 5.02 Å². The Hall–Kier alpha value is -3.38. The molecule has 0 aliphatic carbocycles. The van der Waals surface area contributed by atoms with Crippen LogP contribution >= 0.6 is 11.6 Å². The van der Waals surface area contributed by atoms with E-state index in [1.165, 1.54) is 4.90 Å². The lowest BCUT2D eigenvalue weighted by Crippen LogP contribution is -2.29. The lowest BCUT2D eigenvalue weighted by Gasteiger charge is -2.22. The lowest BCUT2D eigenvalue weighted by molar-refractivity contribution is -0.132. The molecule has 28 heavy (non-hydrogen) atoms. The average molecular weight is 395 g/mol. The van der Waals surface area contributed by atoms with Gasteiger partial charge >= 0.3 is 5.91 Å². The van der Waals surface area contributed by atoms with Crippen molar-refractivity contribution >= 4 is 34.9 Å². The number of amides is 1. The molecule has 6 nitrogen and oxygen atoms in total. The van der Waals surface area contributed by atoms with E-state index in [4.69, 9.17) is 16.1 Å². The third-order valence-electron chi connectivity index (χ3n) is 4.54. The number of halogens is 1. The maximum atomic E-state index is 12.9. The summed E-state index contributed by atoms with van der Waals surface area (Å²) in [5.74, 6) is -1.13. The number of anilines is 1. The minimum atomic E-state index is -0.859. The molecule has 1 aliphatic rings. The van der Waals surface area contributed by atoms with E-state index in [0.717, 1.165) is 0 Å². The monoisotopic (exact) mass is 394 g/mol. The Kier molecular flexibility index (Phi) is 4.49. The van der Waals surface area contributed by atoms with Crippen LogP contribution in [0.15, 0.2) is 70.8 Å². The number of aliphatic hydroxyl groups is 1. The van der Waals surface area contributed by atoms with Crippen molar-refractivity contribution in [2.75, 3.05) is 4.90 Å². The predicted molar refractivity (Wildman–Crippen MR) is 104 cm³/mol. The first-order valence-electron chi connectivity index (χ1n) is 8.52. The summed E-state index contributed by atoms with van der Waals surface area (Å²) in [5.41, 5.74) is 1.04. The van der Waals surface area contributed by atoms with Gasteiger partial charge in [-0.2, -0.15) is 0 Å². The standard InChI is InChI=1S/C21H15ClN2O4/c1-12-11-16(23-28-12)24-18(13-7-9-15(22)10-8-13)17(20(26)21(24)27)19(25)14-5-3-2-4-6-14/h2-11,18,25H,1H3/b19-17+/t18-/m0/s1. The number of aromatic nitrogens is 1. The molecule has 1 fully saturated rings. The van der Waals surface area contributed by atoms with Crippen molar-refractivity contribution in [1.29, 1.82) is 0 Å². The Morgan fingerprint density at radius 3 is 2.39 bits per heavy atom. The number of carbonyl (C=O) groups is 2. The molecule has 2 heterocycles. The number of aliphatic hydroxyl groups excluding tert-OH is 1. The van der Waals surface area contributed by atoms with Gasteiger partial charge in [-0.3, -0.25) is 14.5 Å². The first kappa shape index (κ1) is 18.0. The Morgan fingerprint density at radius 1 is 1.11 bits per heavy atom. The average Bonchev–Trinajstić information content (AvgIpc) is 3.24. The molecular weight excluding hydrogens is 380 g/mol. The number of hydrogen-bond acceptors (Lipinski definition) is 5. The van der Waals surface area contributed by atoms with Gasteiger partial charge in [-0.1, -0.05) is 59.2 Å². The van der Waals surface area contributed by atoms with Crippen LogP contribution in [0.3, 0.4) is 0 Å². The van der Waals surface area contributed by atoms with Gasteiger partial charge in [0.05, 0.1) is 11.6 Å². The molecule has 7 heteroatoms. The number of Topliss-reactive ketones (excluding diaryl/α,β-unsaturated/α-hetero) is 1. The summed E-state index contributed by atoms with van der Waals surface area (Å²) >= 11 is 5.99. The number of ketones is 1. The van der Waals surface area contributed by atoms with Gasteiger partial charge in [0.25, 0.3) is 5.78 Å². The molecule has 2 aromatic carbocycles. The van der Waals surface area contributed by atoms with E-state index in [9.17, 15) is 14.7 Å². The van der Waals surface area contributed by atoms with E-state index in [1.807, 2.05) is 0 Å². The van der Waals surface area contributed by atoms with E-state index in [-0.39, 0.29) is 17.2 Å². The summed E-state index contributed by atoms with van der Waals surface area (Å²) in [5, 5.41) is 15.3. The maximum absolute atomic E-state index is 12.9. The highest BCUT2D eigenvalue weighted by Gasteiger charge is 2.48. The second kappa shape index (κ2) is 6.98. The number of aryl methyl sites for hydroxylation is 1. The van der Waals surface area contributed by atoms with Crippen molar-refractivity contribution in [2.45, 2.75) is 13.0 Å². The van der Waals surface area contributed by atoms with Gasteiger partial charge in [0.15, 0.2) is 5.82 Å². The van der Waals surface area contributed by atoms with Crippen LogP contribution in [-0.4, -0.2) is 22.0 Å². The highest BCUT2D eigenvalue weighted by molar-refractivity contribution is 6.51. The van der Waals surface area contributed by atoms with E-state index >= 15 is 0 Å². The minimum Gasteiger partial charge on any atom is -0.507 e. The second-order valence-corrected chi connectivity index (χ2v) is 6.82. The zero-order valence-corrected chi connectivity index (χ0v) is 15.6. The quantitative estimate of drug-likeness (QED) is 0.407. The van der Waals surface area contributed by atoms with Gasteiger partial charge < -0.3 is 9.63 Å². The number of carbonyl (C=O) groups excluding carboxylic acids is 2. The van der Waals surface area contributed by atoms with Crippen LogP contribution < -0.4 is 4.90 Å². The molecule has 3 aromatic rings. The molecule has 0 saturated carbocycles. The molecule has 0 unspecified atom stereocenters. The van der Waals surface area contributed by atoms with Crippen molar-refractivity contribution in [3.05, 3.63) is 88.1 Å². The first-order valence-corrected chi connectivity index (χ1v) is 8.90. The highest BCUT2D eigenvalue weighted by Crippen LogP contribution is 2.42. The van der Waals surface area contributed by atoms with Crippen LogP contribution in [0.4, 0.5) is 5.82 Å². The van der Waals surface area contributed by atoms with E-state index in [1.54, 1.807) is 67.6 Å². The third kappa shape index (κ3) is 2.97. The summed E-state index contributed by atoms with van der Waals surface area (Å²) in [6.45, 7) is 1.69. The molecule has 1 aromatic heterocycles. The largest absolute Gasteiger partial charge is 0.507 e. The van der Waals surface area contributed by atoms with Crippen molar-refractivity contribution in [3.63, 3.8) is 0 Å². The van der Waals surface area contributed by atoms with Crippen LogP contribution in [0, 0.1) is 6.92 Å². The second-order valence-electron chi connectivity index (χ2n) is 6.38.